The van der Waals surface area contributed by atoms with Gasteiger partial charge in [0.1, 0.15) is 0 Å². The van der Waals surface area contributed by atoms with Crippen molar-refractivity contribution >= 4 is 16.8 Å². The molecule has 22 heavy (non-hydrogen) atoms. The minimum absolute atomic E-state index is 0.325. The molecule has 0 saturated heterocycles. The summed E-state index contributed by atoms with van der Waals surface area (Å²) in [5, 5.41) is 6.20. The fourth-order valence-electron chi connectivity index (χ4n) is 2.74. The summed E-state index contributed by atoms with van der Waals surface area (Å²) in [7, 11) is 0. The summed E-state index contributed by atoms with van der Waals surface area (Å²) in [5.41, 5.74) is 2.59. The summed E-state index contributed by atoms with van der Waals surface area (Å²) in [4.78, 5) is 0. The molecule has 0 amide bonds. The molecule has 3 aromatic carbocycles. The second-order valence-corrected chi connectivity index (χ2v) is 5.51. The molecule has 0 aliphatic rings. The van der Waals surface area contributed by atoms with Crippen LogP contribution in [0.25, 0.3) is 16.8 Å². The third kappa shape index (κ3) is 3.44. The highest BCUT2D eigenvalue weighted by Gasteiger charge is 2.07. The van der Waals surface area contributed by atoms with E-state index in [0.717, 1.165) is 6.54 Å². The Morgan fingerprint density at radius 3 is 2.45 bits per heavy atom. The molecule has 1 heteroatoms. The van der Waals surface area contributed by atoms with Gasteiger partial charge in [0.2, 0.25) is 0 Å². The maximum Gasteiger partial charge on any atom is 0.0300 e. The van der Waals surface area contributed by atoms with Crippen LogP contribution in [0.5, 0.6) is 0 Å². The van der Waals surface area contributed by atoms with Crippen molar-refractivity contribution in [2.24, 2.45) is 0 Å². The minimum atomic E-state index is 0.325. The smallest absolute Gasteiger partial charge is 0.0300 e. The third-order valence-electron chi connectivity index (χ3n) is 3.94. The van der Waals surface area contributed by atoms with Crippen LogP contribution in [0.2, 0.25) is 0 Å². The maximum atomic E-state index is 3.57. The molecule has 1 atom stereocenters. The predicted molar refractivity (Wildman–Crippen MR) is 95.8 cm³/mol. The lowest BCUT2D eigenvalue weighted by atomic mass is 10.00. The Hall–Kier alpha value is -2.38. The second-order valence-electron chi connectivity index (χ2n) is 5.51. The Balaban J connectivity index is 1.66. The van der Waals surface area contributed by atoms with Gasteiger partial charge >= 0.3 is 0 Å². The van der Waals surface area contributed by atoms with Gasteiger partial charge in [0.25, 0.3) is 0 Å². The van der Waals surface area contributed by atoms with Gasteiger partial charge < -0.3 is 5.32 Å². The second kappa shape index (κ2) is 7.06. The molecule has 0 saturated carbocycles. The number of hydrogen-bond acceptors (Lipinski definition) is 1. The molecule has 0 aromatic heterocycles. The Labute approximate surface area is 132 Å². The van der Waals surface area contributed by atoms with E-state index in [-0.39, 0.29) is 0 Å². The van der Waals surface area contributed by atoms with Crippen molar-refractivity contribution in [1.29, 1.82) is 0 Å². The van der Waals surface area contributed by atoms with E-state index < -0.39 is 0 Å². The van der Waals surface area contributed by atoms with Crippen molar-refractivity contribution in [2.75, 3.05) is 6.54 Å². The van der Waals surface area contributed by atoms with E-state index in [1.54, 1.807) is 0 Å². The van der Waals surface area contributed by atoms with E-state index in [9.17, 15) is 0 Å². The SMILES string of the molecule is CC(NCC=Cc1ccccc1)c1cccc2ccccc12. The molecule has 1 N–H and O–H groups in total. The van der Waals surface area contributed by atoms with Crippen LogP contribution >= 0.6 is 0 Å². The number of benzene rings is 3. The fraction of sp³-hybridized carbons (Fsp3) is 0.143. The number of hydrogen-bond donors (Lipinski definition) is 1. The van der Waals surface area contributed by atoms with Crippen molar-refractivity contribution in [2.45, 2.75) is 13.0 Å². The first-order valence-corrected chi connectivity index (χ1v) is 7.77. The molecular weight excluding hydrogens is 266 g/mol. The summed E-state index contributed by atoms with van der Waals surface area (Å²) in [5.74, 6) is 0. The minimum Gasteiger partial charge on any atom is -0.307 e. The van der Waals surface area contributed by atoms with Gasteiger partial charge in [-0.05, 0) is 28.8 Å². The molecule has 0 radical (unpaired) electrons. The van der Waals surface area contributed by atoms with Crippen LogP contribution in [0.1, 0.15) is 24.1 Å². The van der Waals surface area contributed by atoms with Gasteiger partial charge in [0, 0.05) is 12.6 Å². The highest BCUT2D eigenvalue weighted by Crippen LogP contribution is 2.23. The van der Waals surface area contributed by atoms with Gasteiger partial charge in [0.05, 0.1) is 0 Å². The predicted octanol–water partition coefficient (Wildman–Crippen LogP) is 5.20. The topological polar surface area (TPSA) is 12.0 Å². The van der Waals surface area contributed by atoms with E-state index in [0.29, 0.717) is 6.04 Å². The van der Waals surface area contributed by atoms with Gasteiger partial charge in [0.15, 0.2) is 0 Å². The van der Waals surface area contributed by atoms with E-state index in [2.05, 4.69) is 91.1 Å². The van der Waals surface area contributed by atoms with Crippen LogP contribution in [-0.4, -0.2) is 6.54 Å². The van der Waals surface area contributed by atoms with Crippen molar-refractivity contribution in [3.05, 3.63) is 90.0 Å². The molecule has 110 valence electrons. The number of rotatable bonds is 5. The Bertz CT molecular complexity index is 754. The number of nitrogens with one attached hydrogen (secondary N) is 1. The Morgan fingerprint density at radius 1 is 0.864 bits per heavy atom. The van der Waals surface area contributed by atoms with Crippen molar-refractivity contribution in [1.82, 2.24) is 5.32 Å². The quantitative estimate of drug-likeness (QED) is 0.679. The first-order chi connectivity index (χ1) is 10.8. The Kier molecular flexibility index (Phi) is 4.67. The van der Waals surface area contributed by atoms with Crippen molar-refractivity contribution < 1.29 is 0 Å². The van der Waals surface area contributed by atoms with Gasteiger partial charge in [-0.2, -0.15) is 0 Å². The van der Waals surface area contributed by atoms with E-state index in [1.807, 2.05) is 6.07 Å². The van der Waals surface area contributed by atoms with Gasteiger partial charge in [-0.1, -0.05) is 84.9 Å². The summed E-state index contributed by atoms with van der Waals surface area (Å²) in [6.45, 7) is 3.08. The standard InChI is InChI=1S/C21H21N/c1-17(22-16-8-11-18-9-3-2-4-10-18)20-15-7-13-19-12-5-6-14-21(19)20/h2-15,17,22H,16H2,1H3. The highest BCUT2D eigenvalue weighted by atomic mass is 14.9. The highest BCUT2D eigenvalue weighted by molar-refractivity contribution is 5.86. The van der Waals surface area contributed by atoms with E-state index in [1.165, 1.54) is 21.9 Å². The normalized spacial score (nSPS) is 12.8. The lowest BCUT2D eigenvalue weighted by Gasteiger charge is -2.15. The molecule has 0 aliphatic carbocycles. The molecule has 0 fully saturated rings. The summed E-state index contributed by atoms with van der Waals surface area (Å²) < 4.78 is 0. The zero-order chi connectivity index (χ0) is 15.2. The zero-order valence-corrected chi connectivity index (χ0v) is 12.9. The lowest BCUT2D eigenvalue weighted by Crippen LogP contribution is -2.18. The zero-order valence-electron chi connectivity index (χ0n) is 12.9. The van der Waals surface area contributed by atoms with E-state index in [4.69, 9.17) is 0 Å². The van der Waals surface area contributed by atoms with Gasteiger partial charge in [-0.3, -0.25) is 0 Å². The van der Waals surface area contributed by atoms with Crippen molar-refractivity contribution in [3.63, 3.8) is 0 Å². The molecule has 0 heterocycles. The van der Waals surface area contributed by atoms with Gasteiger partial charge in [-0.15, -0.1) is 0 Å². The average Bonchev–Trinajstić information content (AvgIpc) is 2.59. The molecule has 1 unspecified atom stereocenters. The third-order valence-corrected chi connectivity index (χ3v) is 3.94. The number of fused-ring (bicyclic) bond motifs is 1. The van der Waals surface area contributed by atoms with Crippen LogP contribution in [0.4, 0.5) is 0 Å². The molecule has 3 rings (SSSR count). The summed E-state index contributed by atoms with van der Waals surface area (Å²) >= 11 is 0. The van der Waals surface area contributed by atoms with E-state index >= 15 is 0 Å². The van der Waals surface area contributed by atoms with Crippen LogP contribution < -0.4 is 5.32 Å². The molecule has 3 aromatic rings. The first kappa shape index (κ1) is 14.6. The lowest BCUT2D eigenvalue weighted by molar-refractivity contribution is 0.622. The Morgan fingerprint density at radius 2 is 1.59 bits per heavy atom. The average molecular weight is 287 g/mol. The molecule has 0 bridgehead atoms. The van der Waals surface area contributed by atoms with Crippen LogP contribution in [0.15, 0.2) is 78.9 Å². The molecule has 1 nitrogen and oxygen atoms in total. The summed E-state index contributed by atoms with van der Waals surface area (Å²) in [6, 6.07) is 25.8. The maximum absolute atomic E-state index is 3.57. The fourth-order valence-corrected chi connectivity index (χ4v) is 2.74. The van der Waals surface area contributed by atoms with Crippen LogP contribution in [0.3, 0.4) is 0 Å². The van der Waals surface area contributed by atoms with Crippen LogP contribution in [-0.2, 0) is 0 Å². The molecular formula is C21H21N. The monoisotopic (exact) mass is 287 g/mol. The largest absolute Gasteiger partial charge is 0.307 e. The summed E-state index contributed by atoms with van der Waals surface area (Å²) in [6.07, 6.45) is 4.33. The molecule has 0 spiro atoms. The van der Waals surface area contributed by atoms with Crippen LogP contribution in [0, 0.1) is 0 Å². The molecule has 0 aliphatic heterocycles. The van der Waals surface area contributed by atoms with Gasteiger partial charge in [-0.25, -0.2) is 0 Å². The first-order valence-electron chi connectivity index (χ1n) is 7.77. The van der Waals surface area contributed by atoms with Crippen molar-refractivity contribution in [3.8, 4) is 0 Å².